The number of hydrogen-bond donors (Lipinski definition) is 0. The van der Waals surface area contributed by atoms with Crippen LogP contribution < -0.4 is 0 Å². The lowest BCUT2D eigenvalue weighted by atomic mass is 9.82. The fourth-order valence-electron chi connectivity index (χ4n) is 6.08. The highest BCUT2D eigenvalue weighted by atomic mass is 32.2. The van der Waals surface area contributed by atoms with Crippen LogP contribution in [0.3, 0.4) is 0 Å². The van der Waals surface area contributed by atoms with E-state index in [0.29, 0.717) is 12.8 Å². The van der Waals surface area contributed by atoms with Crippen molar-refractivity contribution in [3.05, 3.63) is 12.2 Å². The summed E-state index contributed by atoms with van der Waals surface area (Å²) in [4.78, 5) is 37.5. The van der Waals surface area contributed by atoms with Gasteiger partial charge in [0.15, 0.2) is 0 Å². The lowest BCUT2D eigenvalue weighted by Gasteiger charge is -2.30. The summed E-state index contributed by atoms with van der Waals surface area (Å²) in [5, 5.41) is 0. The topological polar surface area (TPSA) is 136 Å². The minimum atomic E-state index is -4.49. The van der Waals surface area contributed by atoms with Gasteiger partial charge in [0.25, 0.3) is 0 Å². The molecule has 4 aliphatic carbocycles. The highest BCUT2D eigenvalue weighted by Crippen LogP contribution is 2.56. The van der Waals surface area contributed by atoms with Crippen molar-refractivity contribution in [1.29, 1.82) is 0 Å². The van der Waals surface area contributed by atoms with Gasteiger partial charge in [0.1, 0.15) is 18.8 Å². The lowest BCUT2D eigenvalue weighted by molar-refractivity contribution is -0.171. The monoisotopic (exact) mass is 425 g/mol. The second kappa shape index (κ2) is 6.53. The third kappa shape index (κ3) is 3.07. The molecule has 1 aliphatic heterocycles. The molecule has 0 aromatic carbocycles. The summed E-state index contributed by atoms with van der Waals surface area (Å²) in [6.45, 7) is -0.532. The molecule has 158 valence electrons. The molecular formula is C19H21O9S-. The molecule has 1 saturated heterocycles. The second-order valence-electron chi connectivity index (χ2n) is 8.73. The van der Waals surface area contributed by atoms with Gasteiger partial charge in [0.05, 0.1) is 33.6 Å². The highest BCUT2D eigenvalue weighted by molar-refractivity contribution is 7.85. The first kappa shape index (κ1) is 19.0. The van der Waals surface area contributed by atoms with E-state index in [9.17, 15) is 27.4 Å². The standard InChI is InChI=1S/C19H22O9S/c20-17-12-7-10-6-11(12)16(28-17)15(10)27-19(22)14-9-2-1-8(5-9)13(14)18(21)26-3-4-29(23,24)25/h1-2,8-16H,3-7H2,(H,23,24,25)/p-1. The summed E-state index contributed by atoms with van der Waals surface area (Å²) >= 11 is 0. The maximum absolute atomic E-state index is 13.0. The van der Waals surface area contributed by atoms with Crippen LogP contribution in [0.25, 0.3) is 0 Å². The Balaban J connectivity index is 1.27. The Morgan fingerprint density at radius 3 is 2.48 bits per heavy atom. The Labute approximate surface area is 167 Å². The van der Waals surface area contributed by atoms with Crippen molar-refractivity contribution in [1.82, 2.24) is 0 Å². The van der Waals surface area contributed by atoms with Crippen molar-refractivity contribution in [3.63, 3.8) is 0 Å². The Hall–Kier alpha value is -1.94. The average molecular weight is 425 g/mol. The minimum Gasteiger partial charge on any atom is -0.748 e. The molecule has 9 unspecified atom stereocenters. The van der Waals surface area contributed by atoms with E-state index in [1.165, 1.54) is 0 Å². The minimum absolute atomic E-state index is 0.0783. The summed E-state index contributed by atoms with van der Waals surface area (Å²) in [7, 11) is -4.49. The van der Waals surface area contributed by atoms with E-state index in [1.807, 2.05) is 12.2 Å². The summed E-state index contributed by atoms with van der Waals surface area (Å²) in [5.41, 5.74) is 0. The van der Waals surface area contributed by atoms with Crippen LogP contribution >= 0.6 is 0 Å². The smallest absolute Gasteiger partial charge is 0.310 e. The molecular weight excluding hydrogens is 404 g/mol. The molecule has 0 aromatic rings. The number of fused-ring (bicyclic) bond motifs is 3. The van der Waals surface area contributed by atoms with Crippen molar-refractivity contribution in [2.75, 3.05) is 12.4 Å². The van der Waals surface area contributed by atoms with Gasteiger partial charge in [-0.25, -0.2) is 8.42 Å². The number of hydrogen-bond acceptors (Lipinski definition) is 9. The fraction of sp³-hybridized carbons (Fsp3) is 0.737. The van der Waals surface area contributed by atoms with Crippen LogP contribution in [0.2, 0.25) is 0 Å². The summed E-state index contributed by atoms with van der Waals surface area (Å²) < 4.78 is 48.3. The van der Waals surface area contributed by atoms with E-state index in [1.54, 1.807) is 0 Å². The van der Waals surface area contributed by atoms with Crippen LogP contribution in [0, 0.1) is 41.4 Å². The number of ether oxygens (including phenoxy) is 3. The third-order valence-electron chi connectivity index (χ3n) is 7.25. The van der Waals surface area contributed by atoms with E-state index >= 15 is 0 Å². The molecule has 9 nitrogen and oxygen atoms in total. The van der Waals surface area contributed by atoms with Crippen LogP contribution in [-0.4, -0.2) is 55.4 Å². The van der Waals surface area contributed by atoms with Gasteiger partial charge < -0.3 is 18.8 Å². The van der Waals surface area contributed by atoms with Gasteiger partial charge in [0.2, 0.25) is 0 Å². The number of allylic oxidation sites excluding steroid dienone is 2. The van der Waals surface area contributed by atoms with Crippen LogP contribution in [0.4, 0.5) is 0 Å². The average Bonchev–Trinajstić information content (AvgIpc) is 3.41. The summed E-state index contributed by atoms with van der Waals surface area (Å²) in [5.74, 6) is -3.86. The Kier molecular flexibility index (Phi) is 4.29. The van der Waals surface area contributed by atoms with Gasteiger partial charge in [-0.15, -0.1) is 0 Å². The zero-order valence-corrected chi connectivity index (χ0v) is 16.3. The molecule has 1 heterocycles. The predicted molar refractivity (Wildman–Crippen MR) is 92.7 cm³/mol. The predicted octanol–water partition coefficient (Wildman–Crippen LogP) is 0.00630. The molecule has 10 heteroatoms. The third-order valence-corrected chi connectivity index (χ3v) is 7.91. The van der Waals surface area contributed by atoms with E-state index in [4.69, 9.17) is 14.2 Å². The van der Waals surface area contributed by atoms with Crippen molar-refractivity contribution in [3.8, 4) is 0 Å². The van der Waals surface area contributed by atoms with Crippen molar-refractivity contribution >= 4 is 28.0 Å². The number of esters is 3. The van der Waals surface area contributed by atoms with Crippen molar-refractivity contribution in [2.24, 2.45) is 41.4 Å². The van der Waals surface area contributed by atoms with E-state index in [2.05, 4.69) is 0 Å². The van der Waals surface area contributed by atoms with Gasteiger partial charge in [-0.05, 0) is 31.1 Å². The number of rotatable bonds is 6. The van der Waals surface area contributed by atoms with Crippen LogP contribution in [0.5, 0.6) is 0 Å². The highest BCUT2D eigenvalue weighted by Gasteiger charge is 2.64. The molecule has 29 heavy (non-hydrogen) atoms. The second-order valence-corrected chi connectivity index (χ2v) is 10.3. The quantitative estimate of drug-likeness (QED) is 0.249. The number of carbonyl (C=O) groups is 3. The lowest BCUT2D eigenvalue weighted by Crippen LogP contribution is -2.41. The maximum atomic E-state index is 13.0. The van der Waals surface area contributed by atoms with E-state index in [0.717, 1.165) is 6.42 Å². The van der Waals surface area contributed by atoms with Crippen LogP contribution in [-0.2, 0) is 38.7 Å². The summed E-state index contributed by atoms with van der Waals surface area (Å²) in [6, 6.07) is 0. The first-order valence-corrected chi connectivity index (χ1v) is 11.5. The molecule has 5 rings (SSSR count). The van der Waals surface area contributed by atoms with Crippen molar-refractivity contribution in [2.45, 2.75) is 31.5 Å². The maximum Gasteiger partial charge on any atom is 0.310 e. The summed E-state index contributed by atoms with van der Waals surface area (Å²) in [6.07, 6.45) is 5.00. The van der Waals surface area contributed by atoms with Gasteiger partial charge >= 0.3 is 17.9 Å². The molecule has 4 fully saturated rings. The molecule has 4 bridgehead atoms. The largest absolute Gasteiger partial charge is 0.748 e. The molecule has 0 aromatic heterocycles. The Bertz CT molecular complexity index is 893. The van der Waals surface area contributed by atoms with Crippen LogP contribution in [0.1, 0.15) is 19.3 Å². The van der Waals surface area contributed by atoms with E-state index in [-0.39, 0.29) is 35.6 Å². The molecule has 0 amide bonds. The molecule has 0 N–H and O–H groups in total. The molecule has 0 radical (unpaired) electrons. The Morgan fingerprint density at radius 2 is 1.79 bits per heavy atom. The molecule has 0 spiro atoms. The normalized spacial score (nSPS) is 43.6. The van der Waals surface area contributed by atoms with Crippen molar-refractivity contribution < 1.29 is 41.6 Å². The molecule has 5 aliphatic rings. The first-order valence-electron chi connectivity index (χ1n) is 9.92. The van der Waals surface area contributed by atoms with Gasteiger partial charge in [-0.2, -0.15) is 0 Å². The molecule has 9 atom stereocenters. The fourth-order valence-corrected chi connectivity index (χ4v) is 6.37. The van der Waals surface area contributed by atoms with Crippen LogP contribution in [0.15, 0.2) is 12.2 Å². The zero-order valence-electron chi connectivity index (χ0n) is 15.5. The van der Waals surface area contributed by atoms with Gasteiger partial charge in [-0.3, -0.25) is 14.4 Å². The zero-order chi connectivity index (χ0) is 20.5. The Morgan fingerprint density at radius 1 is 1.10 bits per heavy atom. The van der Waals surface area contributed by atoms with Gasteiger partial charge in [0, 0.05) is 11.8 Å². The SMILES string of the molecule is O=C1OC2C3CC(CC13)C2OC(=O)C1C2C=CC(C2)C1C(=O)OCCS(=O)(=O)[O-]. The first-order chi connectivity index (χ1) is 13.7. The van der Waals surface area contributed by atoms with Gasteiger partial charge in [-0.1, -0.05) is 12.2 Å². The number of carbonyl (C=O) groups excluding carboxylic acids is 3. The molecule has 3 saturated carbocycles. The van der Waals surface area contributed by atoms with E-state index < -0.39 is 58.5 Å².